The van der Waals surface area contributed by atoms with Crippen molar-refractivity contribution in [3.05, 3.63) is 40.0 Å². The molecular weight excluding hydrogens is 342 g/mol. The third-order valence-electron chi connectivity index (χ3n) is 5.35. The van der Waals surface area contributed by atoms with Gasteiger partial charge in [0.05, 0.1) is 23.8 Å². The Balaban J connectivity index is 2.20. The van der Waals surface area contributed by atoms with Crippen LogP contribution in [0.15, 0.2) is 28.7 Å². The van der Waals surface area contributed by atoms with E-state index in [1.54, 1.807) is 6.92 Å². The maximum atomic E-state index is 13.1. The van der Waals surface area contributed by atoms with Crippen molar-refractivity contribution in [1.82, 2.24) is 15.1 Å². The largest absolute Gasteiger partial charge is 0.463 e. The molecule has 3 rings (SSSR count). The van der Waals surface area contributed by atoms with Crippen molar-refractivity contribution < 1.29 is 14.3 Å². The molecule has 0 aromatic carbocycles. The van der Waals surface area contributed by atoms with Gasteiger partial charge in [-0.05, 0) is 39.5 Å². The van der Waals surface area contributed by atoms with Crippen molar-refractivity contribution in [3.63, 3.8) is 0 Å². The van der Waals surface area contributed by atoms with Crippen molar-refractivity contribution in [2.75, 3.05) is 6.61 Å². The van der Waals surface area contributed by atoms with E-state index in [4.69, 9.17) is 4.74 Å². The van der Waals surface area contributed by atoms with Gasteiger partial charge in [-0.25, -0.2) is 4.79 Å². The molecule has 1 unspecified atom stereocenters. The van der Waals surface area contributed by atoms with Crippen LogP contribution in [0.1, 0.15) is 64.6 Å². The fraction of sp³-hybridized carbons (Fsp3) is 0.571. The number of aromatic nitrogens is 2. The van der Waals surface area contributed by atoms with Crippen molar-refractivity contribution in [2.24, 2.45) is 5.41 Å². The third-order valence-corrected chi connectivity index (χ3v) is 5.35. The Labute approximate surface area is 160 Å². The Morgan fingerprint density at radius 3 is 2.63 bits per heavy atom. The zero-order valence-electron chi connectivity index (χ0n) is 17.1. The molecule has 6 nitrogen and oxygen atoms in total. The second-order valence-electron chi connectivity index (χ2n) is 8.18. The van der Waals surface area contributed by atoms with Gasteiger partial charge in [-0.15, -0.1) is 0 Å². The highest BCUT2D eigenvalue weighted by atomic mass is 16.5. The number of Topliss-reactive ketones (excluding diaryl/α,β-unsaturated/α-hetero) is 1. The Hall–Kier alpha value is -2.37. The van der Waals surface area contributed by atoms with Gasteiger partial charge in [-0.2, -0.15) is 5.10 Å². The summed E-state index contributed by atoms with van der Waals surface area (Å²) < 4.78 is 7.18. The van der Waals surface area contributed by atoms with Gasteiger partial charge >= 0.3 is 5.97 Å². The van der Waals surface area contributed by atoms with Gasteiger partial charge in [-0.3, -0.25) is 9.48 Å². The summed E-state index contributed by atoms with van der Waals surface area (Å²) in [5.74, 6) is -0.707. The van der Waals surface area contributed by atoms with Gasteiger partial charge in [0.1, 0.15) is 0 Å². The number of hydrogen-bond donors (Lipinski definition) is 1. The number of allylic oxidation sites excluding steroid dienone is 3. The first-order valence-corrected chi connectivity index (χ1v) is 9.63. The molecule has 1 aliphatic carbocycles. The number of ketones is 1. The number of nitrogens with zero attached hydrogens (tertiary/aromatic N) is 2. The highest BCUT2D eigenvalue weighted by molar-refractivity contribution is 6.04. The van der Waals surface area contributed by atoms with Crippen LogP contribution in [-0.2, 0) is 20.9 Å². The summed E-state index contributed by atoms with van der Waals surface area (Å²) >= 11 is 0. The Morgan fingerprint density at radius 2 is 2.04 bits per heavy atom. The molecule has 6 heteroatoms. The summed E-state index contributed by atoms with van der Waals surface area (Å²) in [6.07, 6.45) is 3.20. The minimum Gasteiger partial charge on any atom is -0.463 e. The molecule has 2 aliphatic rings. The standard InChI is InChI=1S/C21H29N3O3/c1-7-24-11-14(12(3)23-24)18-17(20(26)27-8-2)13(4)22-15-9-21(5,6)10-16(25)19(15)18/h11,18,22H,7-10H2,1-6H3. The lowest BCUT2D eigenvalue weighted by Gasteiger charge is -2.39. The number of aryl methyl sites for hydroxylation is 2. The molecule has 0 saturated carbocycles. The predicted molar refractivity (Wildman–Crippen MR) is 103 cm³/mol. The van der Waals surface area contributed by atoms with Gasteiger partial charge in [0.2, 0.25) is 0 Å². The number of esters is 1. The molecule has 1 aromatic rings. The molecule has 0 saturated heterocycles. The Kier molecular flexibility index (Phi) is 5.02. The van der Waals surface area contributed by atoms with E-state index in [9.17, 15) is 9.59 Å². The van der Waals surface area contributed by atoms with E-state index >= 15 is 0 Å². The van der Waals surface area contributed by atoms with E-state index in [1.807, 2.05) is 31.6 Å². The molecule has 2 heterocycles. The zero-order valence-corrected chi connectivity index (χ0v) is 17.1. The fourth-order valence-electron chi connectivity index (χ4n) is 4.21. The fourth-order valence-corrected chi connectivity index (χ4v) is 4.21. The van der Waals surface area contributed by atoms with Crippen LogP contribution in [0.25, 0.3) is 0 Å². The minimum atomic E-state index is -0.427. The minimum absolute atomic E-state index is 0.0942. The molecule has 1 aliphatic heterocycles. The average molecular weight is 371 g/mol. The van der Waals surface area contributed by atoms with Crippen molar-refractivity contribution >= 4 is 11.8 Å². The molecule has 146 valence electrons. The number of nitrogens with one attached hydrogen (secondary N) is 1. The van der Waals surface area contributed by atoms with Gasteiger partial charge in [-0.1, -0.05) is 13.8 Å². The Bertz CT molecular complexity index is 858. The van der Waals surface area contributed by atoms with Gasteiger partial charge in [0.15, 0.2) is 5.78 Å². The molecule has 1 atom stereocenters. The lowest BCUT2D eigenvalue weighted by Crippen LogP contribution is -2.38. The van der Waals surface area contributed by atoms with Crippen LogP contribution in [0.5, 0.6) is 0 Å². The van der Waals surface area contributed by atoms with Gasteiger partial charge < -0.3 is 10.1 Å². The monoisotopic (exact) mass is 371 g/mol. The molecule has 0 spiro atoms. The number of carbonyl (C=O) groups is 2. The second-order valence-corrected chi connectivity index (χ2v) is 8.18. The van der Waals surface area contributed by atoms with Crippen molar-refractivity contribution in [2.45, 2.75) is 66.8 Å². The summed E-state index contributed by atoms with van der Waals surface area (Å²) in [6, 6.07) is 0. The Morgan fingerprint density at radius 1 is 1.33 bits per heavy atom. The van der Waals surface area contributed by atoms with Gasteiger partial charge in [0.25, 0.3) is 0 Å². The first-order chi connectivity index (χ1) is 12.7. The molecule has 0 bridgehead atoms. The highest BCUT2D eigenvalue weighted by Crippen LogP contribution is 2.47. The van der Waals surface area contributed by atoms with Crippen LogP contribution < -0.4 is 5.32 Å². The molecule has 1 aromatic heterocycles. The van der Waals surface area contributed by atoms with E-state index in [0.29, 0.717) is 24.2 Å². The van der Waals surface area contributed by atoms with Crippen LogP contribution in [0.2, 0.25) is 0 Å². The first kappa shape index (κ1) is 19.4. The summed E-state index contributed by atoms with van der Waals surface area (Å²) in [4.78, 5) is 26.0. The maximum Gasteiger partial charge on any atom is 0.336 e. The van der Waals surface area contributed by atoms with E-state index in [-0.39, 0.29) is 17.2 Å². The SMILES string of the molecule is CCOC(=O)C1=C(C)NC2=C(C(=O)CC(C)(C)C2)C1c1cn(CC)nc1C. The zero-order chi connectivity index (χ0) is 19.9. The average Bonchev–Trinajstić information content (AvgIpc) is 2.93. The molecular formula is C21H29N3O3. The van der Waals surface area contributed by atoms with Gasteiger partial charge in [0, 0.05) is 41.7 Å². The lowest BCUT2D eigenvalue weighted by molar-refractivity contribution is -0.138. The number of rotatable bonds is 4. The second kappa shape index (κ2) is 6.98. The summed E-state index contributed by atoms with van der Waals surface area (Å²) in [5, 5.41) is 7.89. The van der Waals surface area contributed by atoms with Crippen molar-refractivity contribution in [3.8, 4) is 0 Å². The van der Waals surface area contributed by atoms with Crippen LogP contribution in [0.3, 0.4) is 0 Å². The molecule has 0 fully saturated rings. The number of dihydropyridines is 1. The van der Waals surface area contributed by atoms with Crippen molar-refractivity contribution in [1.29, 1.82) is 0 Å². The van der Waals surface area contributed by atoms with E-state index in [1.165, 1.54) is 0 Å². The van der Waals surface area contributed by atoms with E-state index in [2.05, 4.69) is 24.3 Å². The molecule has 1 N–H and O–H groups in total. The van der Waals surface area contributed by atoms with E-state index in [0.717, 1.165) is 35.6 Å². The summed E-state index contributed by atoms with van der Waals surface area (Å²) in [5.41, 5.74) is 4.53. The quantitative estimate of drug-likeness (QED) is 0.822. The number of ether oxygens (including phenoxy) is 1. The normalized spacial score (nSPS) is 21.9. The summed E-state index contributed by atoms with van der Waals surface area (Å²) in [7, 11) is 0. The van der Waals surface area contributed by atoms with Crippen LogP contribution in [0.4, 0.5) is 0 Å². The predicted octanol–water partition coefficient (Wildman–Crippen LogP) is 3.38. The third kappa shape index (κ3) is 3.45. The molecule has 0 amide bonds. The smallest absolute Gasteiger partial charge is 0.336 e. The highest BCUT2D eigenvalue weighted by Gasteiger charge is 2.44. The molecule has 0 radical (unpaired) electrons. The van der Waals surface area contributed by atoms with Crippen LogP contribution in [-0.4, -0.2) is 28.1 Å². The number of carbonyl (C=O) groups excluding carboxylic acids is 2. The number of hydrogen-bond acceptors (Lipinski definition) is 5. The van der Waals surface area contributed by atoms with Crippen LogP contribution in [0, 0.1) is 12.3 Å². The maximum absolute atomic E-state index is 13.1. The molecule has 27 heavy (non-hydrogen) atoms. The van der Waals surface area contributed by atoms with Crippen LogP contribution >= 0.6 is 0 Å². The summed E-state index contributed by atoms with van der Waals surface area (Å²) in [6.45, 7) is 12.9. The topological polar surface area (TPSA) is 73.2 Å². The first-order valence-electron chi connectivity index (χ1n) is 9.63. The van der Waals surface area contributed by atoms with E-state index < -0.39 is 5.92 Å². The lowest BCUT2D eigenvalue weighted by atomic mass is 9.68.